The van der Waals surface area contributed by atoms with Gasteiger partial charge in [-0.05, 0) is 98.2 Å². The smallest absolute Gasteiger partial charge is 0.303 e. The molecule has 0 saturated heterocycles. The minimum Gasteiger partial charge on any atom is -0.481 e. The van der Waals surface area contributed by atoms with E-state index in [1.54, 1.807) is 6.08 Å². The van der Waals surface area contributed by atoms with Gasteiger partial charge in [-0.2, -0.15) is 0 Å². The van der Waals surface area contributed by atoms with E-state index in [1.165, 1.54) is 0 Å². The molecule has 0 aromatic carbocycles. The molecule has 0 unspecified atom stereocenters. The first-order chi connectivity index (χ1) is 20.0. The number of aryl methyl sites for hydroxylation is 3. The van der Waals surface area contributed by atoms with Gasteiger partial charge >= 0.3 is 11.9 Å². The number of aliphatic carboxylic acids is 2. The number of allylic oxidation sites excluding steroid dienone is 5. The number of aromatic amines is 2. The van der Waals surface area contributed by atoms with Crippen LogP contribution < -0.4 is 0 Å². The van der Waals surface area contributed by atoms with Gasteiger partial charge in [0.1, 0.15) is 0 Å². The summed E-state index contributed by atoms with van der Waals surface area (Å²) < 4.78 is 0. The number of fused-ring (bicyclic) bond motifs is 8. The van der Waals surface area contributed by atoms with E-state index in [9.17, 15) is 19.8 Å². The van der Waals surface area contributed by atoms with Crippen molar-refractivity contribution in [3.8, 4) is 0 Å². The van der Waals surface area contributed by atoms with E-state index in [0.717, 1.165) is 83.7 Å². The summed E-state index contributed by atoms with van der Waals surface area (Å²) >= 11 is 0. The Hall–Kier alpha value is -4.46. The average Bonchev–Trinajstić information content (AvgIpc) is 3.59. The Kier molecular flexibility index (Phi) is 9.09. The fraction of sp³-hybridized carbons (Fsp3) is 0.235. The van der Waals surface area contributed by atoms with Crippen molar-refractivity contribution < 1.29 is 36.9 Å². The summed E-state index contributed by atoms with van der Waals surface area (Å²) in [5.41, 5.74) is 13.7. The van der Waals surface area contributed by atoms with Gasteiger partial charge in [0.2, 0.25) is 0 Å². The number of hydrogen-bond donors (Lipinski definition) is 4. The molecule has 0 fully saturated rings. The fourth-order valence-corrected chi connectivity index (χ4v) is 5.77. The van der Waals surface area contributed by atoms with Crippen molar-refractivity contribution >= 4 is 62.4 Å². The van der Waals surface area contributed by atoms with E-state index in [2.05, 4.69) is 23.1 Å². The van der Waals surface area contributed by atoms with Crippen LogP contribution in [0.5, 0.6) is 0 Å². The van der Waals surface area contributed by atoms with E-state index >= 15 is 0 Å². The second kappa shape index (κ2) is 12.4. The van der Waals surface area contributed by atoms with Crippen molar-refractivity contribution in [3.05, 3.63) is 88.5 Å². The molecule has 2 aliphatic heterocycles. The van der Waals surface area contributed by atoms with Crippen LogP contribution in [-0.2, 0) is 33.1 Å². The fourth-order valence-electron chi connectivity index (χ4n) is 5.77. The van der Waals surface area contributed by atoms with Crippen LogP contribution in [0.4, 0.5) is 0 Å². The summed E-state index contributed by atoms with van der Waals surface area (Å²) in [5.74, 6) is -1.76. The zero-order chi connectivity index (χ0) is 30.3. The summed E-state index contributed by atoms with van der Waals surface area (Å²) in [6.45, 7) is 16.0. The van der Waals surface area contributed by atoms with Crippen LogP contribution in [0.15, 0.2) is 43.5 Å². The summed E-state index contributed by atoms with van der Waals surface area (Å²) in [6.07, 6.45) is 4.22. The Bertz CT molecular complexity index is 1920. The molecule has 0 aliphatic carbocycles. The average molecular weight is 619 g/mol. The first-order valence-corrected chi connectivity index (χ1v) is 13.9. The molecule has 8 nitrogen and oxygen atoms in total. The predicted molar refractivity (Wildman–Crippen MR) is 169 cm³/mol. The number of carboxylic acid groups (broad SMARTS) is 2. The summed E-state index contributed by atoms with van der Waals surface area (Å²) in [7, 11) is 0. The van der Waals surface area contributed by atoms with Crippen LogP contribution in [-0.4, -0.2) is 42.1 Å². The number of carbonyl (C=O) groups is 2. The Balaban J connectivity index is 0.00000423. The summed E-state index contributed by atoms with van der Waals surface area (Å²) in [4.78, 5) is 40.0. The third-order valence-electron chi connectivity index (χ3n) is 8.22. The Morgan fingerprint density at radius 2 is 1.26 bits per heavy atom. The number of nitrogens with one attached hydrogen (secondary N) is 2. The second-order valence-electron chi connectivity index (χ2n) is 10.7. The topological polar surface area (TPSA) is 132 Å². The number of hydrogen-bond acceptors (Lipinski definition) is 4. The molecule has 0 spiro atoms. The first kappa shape index (κ1) is 31.5. The molecule has 0 saturated carbocycles. The van der Waals surface area contributed by atoms with Gasteiger partial charge in [-0.1, -0.05) is 25.3 Å². The van der Waals surface area contributed by atoms with E-state index < -0.39 is 11.9 Å². The maximum atomic E-state index is 11.5. The number of carboxylic acids is 2. The zero-order valence-electron chi connectivity index (χ0n) is 24.7. The molecular weight excluding hydrogens is 584 g/mol. The molecule has 43 heavy (non-hydrogen) atoms. The summed E-state index contributed by atoms with van der Waals surface area (Å²) in [5, 5.41) is 18.9. The van der Waals surface area contributed by atoms with Crippen LogP contribution >= 0.6 is 0 Å². The van der Waals surface area contributed by atoms with E-state index in [-0.39, 0.29) is 29.9 Å². The molecule has 0 radical (unpaired) electrons. The minimum absolute atomic E-state index is 0. The molecule has 8 bridgehead atoms. The van der Waals surface area contributed by atoms with Gasteiger partial charge in [-0.15, -0.1) is 0 Å². The van der Waals surface area contributed by atoms with Gasteiger partial charge in [-0.25, -0.2) is 9.97 Å². The van der Waals surface area contributed by atoms with Crippen molar-refractivity contribution in [1.29, 1.82) is 0 Å². The molecule has 5 rings (SSSR count). The minimum atomic E-state index is -0.883. The largest absolute Gasteiger partial charge is 0.481 e. The van der Waals surface area contributed by atoms with E-state index in [1.807, 2.05) is 58.0 Å². The van der Waals surface area contributed by atoms with Crippen molar-refractivity contribution in [2.24, 2.45) is 0 Å². The summed E-state index contributed by atoms with van der Waals surface area (Å²) in [6, 6.07) is 7.88. The van der Waals surface area contributed by atoms with E-state index in [0.29, 0.717) is 18.5 Å². The van der Waals surface area contributed by atoms with Crippen molar-refractivity contribution in [3.63, 3.8) is 0 Å². The maximum absolute atomic E-state index is 11.5. The molecule has 0 amide bonds. The van der Waals surface area contributed by atoms with E-state index in [4.69, 9.17) is 9.97 Å². The molecule has 2 aliphatic rings. The number of aromatic nitrogens is 4. The van der Waals surface area contributed by atoms with Crippen LogP contribution in [0.1, 0.15) is 78.1 Å². The maximum Gasteiger partial charge on any atom is 0.303 e. The van der Waals surface area contributed by atoms with Crippen molar-refractivity contribution in [1.82, 2.24) is 19.9 Å². The molecule has 9 heteroatoms. The quantitative estimate of drug-likeness (QED) is 0.193. The molecule has 4 N–H and O–H groups in total. The Morgan fingerprint density at radius 3 is 1.91 bits per heavy atom. The molecule has 3 aromatic rings. The normalized spacial score (nSPS) is 12.7. The van der Waals surface area contributed by atoms with Crippen LogP contribution in [0, 0.1) is 13.8 Å². The van der Waals surface area contributed by atoms with Crippen LogP contribution in [0.3, 0.4) is 0 Å². The molecule has 5 heterocycles. The molecular formula is C34H34FeN4O4. The standard InChI is InChI=1S/C34H34N4O4.Fe/c1-7-21-17(3)25-13-26-19(5)23(9-11-33(39)40)31(37-26)16-32-24(10-12-34(41)42)20(6)28(38-32)15-30-22(8-2)18(4)27(36-30)14-29(21)35-25;/h7-8,13-16,35,38H,1-2,9-12H2,3-6H3,(H,39,40)(H,41,42);. The molecule has 222 valence electrons. The van der Waals surface area contributed by atoms with Gasteiger partial charge in [0.05, 0.1) is 22.8 Å². The van der Waals surface area contributed by atoms with Gasteiger partial charge in [-0.3, -0.25) is 9.59 Å². The molecule has 0 atom stereocenters. The predicted octanol–water partition coefficient (Wildman–Crippen LogP) is 7.50. The van der Waals surface area contributed by atoms with Crippen molar-refractivity contribution in [2.75, 3.05) is 0 Å². The van der Waals surface area contributed by atoms with Gasteiger partial charge in [0.25, 0.3) is 0 Å². The Morgan fingerprint density at radius 1 is 0.721 bits per heavy atom. The molecule has 3 aromatic heterocycles. The van der Waals surface area contributed by atoms with Crippen molar-refractivity contribution in [2.45, 2.75) is 53.4 Å². The van der Waals surface area contributed by atoms with Crippen LogP contribution in [0.25, 0.3) is 50.4 Å². The van der Waals surface area contributed by atoms with Crippen LogP contribution in [0.2, 0.25) is 0 Å². The Labute approximate surface area is 260 Å². The monoisotopic (exact) mass is 618 g/mol. The van der Waals surface area contributed by atoms with Gasteiger partial charge in [0.15, 0.2) is 0 Å². The third-order valence-corrected chi connectivity index (χ3v) is 8.22. The second-order valence-corrected chi connectivity index (χ2v) is 10.7. The number of rotatable bonds is 8. The van der Waals surface area contributed by atoms with Gasteiger partial charge < -0.3 is 20.2 Å². The number of nitrogens with zero attached hydrogens (tertiary/aromatic N) is 2. The number of H-pyrrole nitrogens is 2. The SMILES string of the molecule is C=CC1=C(C)c2cc3[nH]c(cc4nc(cc5[nH]c(cc1n2)c(C)c5CCC(=O)O)C(CCC(=O)O)=C4C)c(C)c3C=C.[Fe]. The first-order valence-electron chi connectivity index (χ1n) is 13.9. The third kappa shape index (κ3) is 5.91. The van der Waals surface area contributed by atoms with Gasteiger partial charge in [0, 0.05) is 63.1 Å². The zero-order valence-corrected chi connectivity index (χ0v) is 25.8.